The van der Waals surface area contributed by atoms with Crippen molar-refractivity contribution in [3.8, 4) is 0 Å². The third-order valence-corrected chi connectivity index (χ3v) is 3.85. The van der Waals surface area contributed by atoms with Crippen LogP contribution < -0.4 is 5.32 Å². The lowest BCUT2D eigenvalue weighted by Crippen LogP contribution is -2.32. The standard InChI is InChI=1S/C14H24N2/c1-3-16-10-4-5-14(16)11-15-13-8-6-12(2)7-9-13/h4-5,10,12-13,15H,3,6-9,11H2,1-2H3. The van der Waals surface area contributed by atoms with Crippen molar-refractivity contribution in [2.75, 3.05) is 0 Å². The summed E-state index contributed by atoms with van der Waals surface area (Å²) < 4.78 is 2.32. The summed E-state index contributed by atoms with van der Waals surface area (Å²) in [5.41, 5.74) is 1.42. The lowest BCUT2D eigenvalue weighted by molar-refractivity contribution is 0.305. The molecule has 0 radical (unpaired) electrons. The molecular weight excluding hydrogens is 196 g/mol. The lowest BCUT2D eigenvalue weighted by atomic mass is 9.87. The van der Waals surface area contributed by atoms with Gasteiger partial charge in [0.25, 0.3) is 0 Å². The number of nitrogens with one attached hydrogen (secondary N) is 1. The zero-order chi connectivity index (χ0) is 11.4. The smallest absolute Gasteiger partial charge is 0.0361 e. The molecule has 2 heteroatoms. The second kappa shape index (κ2) is 5.53. The Labute approximate surface area is 99.0 Å². The van der Waals surface area contributed by atoms with Gasteiger partial charge in [0, 0.05) is 31.0 Å². The van der Waals surface area contributed by atoms with Gasteiger partial charge >= 0.3 is 0 Å². The summed E-state index contributed by atoms with van der Waals surface area (Å²) >= 11 is 0. The van der Waals surface area contributed by atoms with Gasteiger partial charge in [-0.2, -0.15) is 0 Å². The molecule has 0 aliphatic heterocycles. The van der Waals surface area contributed by atoms with E-state index in [1.54, 1.807) is 0 Å². The first kappa shape index (κ1) is 11.7. The Hall–Kier alpha value is -0.760. The summed E-state index contributed by atoms with van der Waals surface area (Å²) in [6, 6.07) is 5.11. The summed E-state index contributed by atoms with van der Waals surface area (Å²) in [5.74, 6) is 0.942. The lowest BCUT2D eigenvalue weighted by Gasteiger charge is -2.27. The highest BCUT2D eigenvalue weighted by molar-refractivity contribution is 5.06. The van der Waals surface area contributed by atoms with E-state index in [1.807, 2.05) is 0 Å². The Kier molecular flexibility index (Phi) is 4.05. The van der Waals surface area contributed by atoms with Gasteiger partial charge in [0.05, 0.1) is 0 Å². The van der Waals surface area contributed by atoms with Gasteiger partial charge in [-0.3, -0.25) is 0 Å². The highest BCUT2D eigenvalue weighted by Gasteiger charge is 2.17. The molecule has 0 atom stereocenters. The quantitative estimate of drug-likeness (QED) is 0.824. The maximum absolute atomic E-state index is 3.70. The summed E-state index contributed by atoms with van der Waals surface area (Å²) in [6.07, 6.45) is 7.67. The van der Waals surface area contributed by atoms with Gasteiger partial charge in [0.2, 0.25) is 0 Å². The van der Waals surface area contributed by atoms with Crippen LogP contribution in [0.3, 0.4) is 0 Å². The Morgan fingerprint density at radius 3 is 2.75 bits per heavy atom. The second-order valence-electron chi connectivity index (χ2n) is 5.12. The SMILES string of the molecule is CCn1cccc1CNC1CCC(C)CC1. The molecule has 0 spiro atoms. The molecule has 1 saturated carbocycles. The van der Waals surface area contributed by atoms with Gasteiger partial charge in [-0.05, 0) is 50.7 Å². The number of rotatable bonds is 4. The van der Waals surface area contributed by atoms with E-state index in [0.717, 1.165) is 25.0 Å². The molecule has 0 aromatic carbocycles. The van der Waals surface area contributed by atoms with Crippen molar-refractivity contribution < 1.29 is 0 Å². The Morgan fingerprint density at radius 1 is 1.31 bits per heavy atom. The van der Waals surface area contributed by atoms with Crippen molar-refractivity contribution in [2.24, 2.45) is 5.92 Å². The molecule has 1 fully saturated rings. The third-order valence-electron chi connectivity index (χ3n) is 3.85. The summed E-state index contributed by atoms with van der Waals surface area (Å²) in [7, 11) is 0. The van der Waals surface area contributed by atoms with Crippen LogP contribution in [0, 0.1) is 5.92 Å². The van der Waals surface area contributed by atoms with E-state index in [1.165, 1.54) is 31.4 Å². The molecule has 1 aliphatic rings. The first-order valence-electron chi connectivity index (χ1n) is 6.67. The topological polar surface area (TPSA) is 17.0 Å². The highest BCUT2D eigenvalue weighted by atomic mass is 15.0. The van der Waals surface area contributed by atoms with Gasteiger partial charge in [-0.15, -0.1) is 0 Å². The van der Waals surface area contributed by atoms with Crippen molar-refractivity contribution >= 4 is 0 Å². The van der Waals surface area contributed by atoms with Crippen molar-refractivity contribution in [3.63, 3.8) is 0 Å². The molecule has 2 rings (SSSR count). The summed E-state index contributed by atoms with van der Waals surface area (Å²) in [4.78, 5) is 0. The number of aromatic nitrogens is 1. The zero-order valence-corrected chi connectivity index (χ0v) is 10.6. The fraction of sp³-hybridized carbons (Fsp3) is 0.714. The normalized spacial score (nSPS) is 25.9. The van der Waals surface area contributed by atoms with Crippen molar-refractivity contribution in [2.45, 2.75) is 58.7 Å². The van der Waals surface area contributed by atoms with E-state index >= 15 is 0 Å². The predicted molar refractivity (Wildman–Crippen MR) is 68.4 cm³/mol. The van der Waals surface area contributed by atoms with Crippen LogP contribution in [0.1, 0.15) is 45.2 Å². The molecule has 1 heterocycles. The van der Waals surface area contributed by atoms with Crippen LogP contribution in [0.2, 0.25) is 0 Å². The molecule has 0 saturated heterocycles. The van der Waals surface area contributed by atoms with E-state index in [0.29, 0.717) is 0 Å². The van der Waals surface area contributed by atoms with Crippen molar-refractivity contribution in [1.29, 1.82) is 0 Å². The van der Waals surface area contributed by atoms with Gasteiger partial charge in [-0.1, -0.05) is 6.92 Å². The molecule has 0 unspecified atom stereocenters. The molecule has 90 valence electrons. The molecule has 1 aromatic rings. The van der Waals surface area contributed by atoms with Gasteiger partial charge < -0.3 is 9.88 Å². The first-order valence-corrected chi connectivity index (χ1v) is 6.67. The van der Waals surface area contributed by atoms with Crippen LogP contribution in [0.15, 0.2) is 18.3 Å². The Morgan fingerprint density at radius 2 is 2.06 bits per heavy atom. The van der Waals surface area contributed by atoms with Gasteiger partial charge in [-0.25, -0.2) is 0 Å². The van der Waals surface area contributed by atoms with E-state index in [-0.39, 0.29) is 0 Å². The third kappa shape index (κ3) is 2.88. The maximum Gasteiger partial charge on any atom is 0.0361 e. The molecule has 0 bridgehead atoms. The van der Waals surface area contributed by atoms with Crippen molar-refractivity contribution in [1.82, 2.24) is 9.88 Å². The zero-order valence-electron chi connectivity index (χ0n) is 10.6. The number of nitrogens with zero attached hydrogens (tertiary/aromatic N) is 1. The average molecular weight is 220 g/mol. The molecule has 1 aromatic heterocycles. The van der Waals surface area contributed by atoms with Gasteiger partial charge in [0.1, 0.15) is 0 Å². The van der Waals surface area contributed by atoms with Crippen LogP contribution in [0.5, 0.6) is 0 Å². The fourth-order valence-corrected chi connectivity index (χ4v) is 2.63. The molecule has 1 aliphatic carbocycles. The molecule has 0 amide bonds. The van der Waals surface area contributed by atoms with Crippen LogP contribution in [-0.2, 0) is 13.1 Å². The first-order chi connectivity index (χ1) is 7.79. The van der Waals surface area contributed by atoms with E-state index in [4.69, 9.17) is 0 Å². The molecule has 2 nitrogen and oxygen atoms in total. The molecule has 16 heavy (non-hydrogen) atoms. The van der Waals surface area contributed by atoms with Crippen LogP contribution in [0.25, 0.3) is 0 Å². The minimum absolute atomic E-state index is 0.747. The predicted octanol–water partition coefficient (Wildman–Crippen LogP) is 3.18. The molecule has 1 N–H and O–H groups in total. The molecular formula is C14H24N2. The largest absolute Gasteiger partial charge is 0.351 e. The monoisotopic (exact) mass is 220 g/mol. The van der Waals surface area contributed by atoms with Gasteiger partial charge in [0.15, 0.2) is 0 Å². The minimum Gasteiger partial charge on any atom is -0.351 e. The minimum atomic E-state index is 0.747. The number of hydrogen-bond donors (Lipinski definition) is 1. The van der Waals surface area contributed by atoms with Crippen LogP contribution in [-0.4, -0.2) is 10.6 Å². The summed E-state index contributed by atoms with van der Waals surface area (Å²) in [5, 5.41) is 3.70. The summed E-state index contributed by atoms with van der Waals surface area (Å²) in [6.45, 7) is 6.68. The second-order valence-corrected chi connectivity index (χ2v) is 5.12. The maximum atomic E-state index is 3.70. The van der Waals surface area contributed by atoms with Crippen molar-refractivity contribution in [3.05, 3.63) is 24.0 Å². The Balaban J connectivity index is 1.79. The van der Waals surface area contributed by atoms with E-state index in [9.17, 15) is 0 Å². The number of aryl methyl sites for hydroxylation is 1. The van der Waals surface area contributed by atoms with Crippen LogP contribution >= 0.6 is 0 Å². The fourth-order valence-electron chi connectivity index (χ4n) is 2.63. The number of hydrogen-bond acceptors (Lipinski definition) is 1. The van der Waals surface area contributed by atoms with E-state index in [2.05, 4.69) is 42.1 Å². The van der Waals surface area contributed by atoms with E-state index < -0.39 is 0 Å². The highest BCUT2D eigenvalue weighted by Crippen LogP contribution is 2.23. The Bertz CT molecular complexity index is 308. The average Bonchev–Trinajstić information content (AvgIpc) is 2.76. The van der Waals surface area contributed by atoms with Crippen LogP contribution in [0.4, 0.5) is 0 Å².